The van der Waals surface area contributed by atoms with E-state index in [1.165, 1.54) is 5.69 Å². The molecule has 0 bridgehead atoms. The third-order valence-electron chi connectivity index (χ3n) is 6.09. The summed E-state index contributed by atoms with van der Waals surface area (Å²) in [5.74, 6) is 6.69. The highest BCUT2D eigenvalue weighted by atomic mass is 35.5. The molecule has 0 aliphatic carbocycles. The molecule has 2 heterocycles. The lowest BCUT2D eigenvalue weighted by Crippen LogP contribution is -2.46. The largest absolute Gasteiger partial charge is 0.369 e. The van der Waals surface area contributed by atoms with Gasteiger partial charge in [-0.1, -0.05) is 48.7 Å². The number of piperazine rings is 1. The van der Waals surface area contributed by atoms with Crippen LogP contribution in [0.2, 0.25) is 5.02 Å². The number of amides is 1. The second kappa shape index (κ2) is 9.75. The van der Waals surface area contributed by atoms with Crippen molar-refractivity contribution in [3.05, 3.63) is 59.1 Å². The van der Waals surface area contributed by atoms with E-state index in [0.717, 1.165) is 55.4 Å². The fraction of sp³-hybridized carbons (Fsp3) is 0.375. The zero-order chi connectivity index (χ0) is 20.3. The van der Waals surface area contributed by atoms with Crippen molar-refractivity contribution in [2.24, 2.45) is 0 Å². The quantitative estimate of drug-likeness (QED) is 0.702. The number of nitrogens with zero attached hydrogens (tertiary/aromatic N) is 2. The van der Waals surface area contributed by atoms with Gasteiger partial charge in [0, 0.05) is 49.0 Å². The van der Waals surface area contributed by atoms with E-state index in [-0.39, 0.29) is 18.3 Å². The third-order valence-corrected chi connectivity index (χ3v) is 6.33. The third kappa shape index (κ3) is 4.44. The van der Waals surface area contributed by atoms with Gasteiger partial charge in [0.25, 0.3) is 0 Å². The van der Waals surface area contributed by atoms with Crippen LogP contribution in [-0.2, 0) is 10.2 Å². The number of anilines is 2. The number of hydrogen-bond acceptors (Lipinski definition) is 3. The Morgan fingerprint density at radius 2 is 1.83 bits per heavy atom. The van der Waals surface area contributed by atoms with Gasteiger partial charge in [-0.3, -0.25) is 9.69 Å². The van der Waals surface area contributed by atoms with Crippen LogP contribution in [0.5, 0.6) is 0 Å². The Balaban J connectivity index is 0.00000256. The Kier molecular flexibility index (Phi) is 7.31. The normalized spacial score (nSPS) is 20.6. The lowest BCUT2D eigenvalue weighted by Gasteiger charge is -2.35. The minimum Gasteiger partial charge on any atom is -0.369 e. The van der Waals surface area contributed by atoms with E-state index in [9.17, 15) is 4.79 Å². The molecule has 0 spiro atoms. The van der Waals surface area contributed by atoms with Crippen molar-refractivity contribution in [3.63, 3.8) is 0 Å². The van der Waals surface area contributed by atoms with Gasteiger partial charge in [-0.25, -0.2) is 0 Å². The average Bonchev–Trinajstić information content (AvgIpc) is 3.03. The molecule has 2 aliphatic heterocycles. The second-order valence-corrected chi connectivity index (χ2v) is 8.15. The van der Waals surface area contributed by atoms with Crippen molar-refractivity contribution >= 4 is 41.3 Å². The molecule has 4 rings (SSSR count). The molecule has 30 heavy (non-hydrogen) atoms. The number of halogens is 2. The monoisotopic (exact) mass is 443 g/mol. The molecule has 0 aromatic heterocycles. The minimum atomic E-state index is -0.519. The highest BCUT2D eigenvalue weighted by molar-refractivity contribution is 6.30. The van der Waals surface area contributed by atoms with Crippen LogP contribution in [0.1, 0.15) is 25.3 Å². The summed E-state index contributed by atoms with van der Waals surface area (Å²) in [6.07, 6.45) is 1.32. The summed E-state index contributed by atoms with van der Waals surface area (Å²) >= 11 is 6.11. The van der Waals surface area contributed by atoms with Gasteiger partial charge < -0.3 is 10.2 Å². The van der Waals surface area contributed by atoms with Gasteiger partial charge in [-0.2, -0.15) is 0 Å². The standard InChI is InChI=1S/C24H26ClN3O.ClH/c1-2-24(21-10-3-4-11-22(21)26-23(24)29)12-5-6-13-27-14-16-28(17-15-27)20-9-7-8-19(25)18-20;/h3-4,7-11,18H,2,12-17H2,1H3,(H,26,29);1H. The number of hydrogen-bond donors (Lipinski definition) is 1. The van der Waals surface area contributed by atoms with E-state index < -0.39 is 5.41 Å². The molecule has 2 aliphatic rings. The SMILES string of the molecule is CCC1(CC#CCN2CCN(c3cccc(Cl)c3)CC2)C(=O)Nc2ccccc21.Cl. The maximum atomic E-state index is 12.7. The first-order chi connectivity index (χ1) is 14.1. The van der Waals surface area contributed by atoms with Crippen LogP contribution in [0.25, 0.3) is 0 Å². The van der Waals surface area contributed by atoms with Gasteiger partial charge in [-0.05, 0) is 36.2 Å². The lowest BCUT2D eigenvalue weighted by atomic mass is 9.76. The summed E-state index contributed by atoms with van der Waals surface area (Å²) in [4.78, 5) is 17.4. The Morgan fingerprint density at radius 1 is 1.07 bits per heavy atom. The Hall–Kier alpha value is -2.19. The number of nitrogens with one attached hydrogen (secondary N) is 1. The molecule has 1 saturated heterocycles. The van der Waals surface area contributed by atoms with Crippen LogP contribution in [0, 0.1) is 11.8 Å². The van der Waals surface area contributed by atoms with Crippen LogP contribution < -0.4 is 10.2 Å². The Labute approximate surface area is 190 Å². The highest BCUT2D eigenvalue weighted by Gasteiger charge is 2.44. The molecule has 2 aromatic rings. The van der Waals surface area contributed by atoms with Gasteiger partial charge in [0.1, 0.15) is 0 Å². The summed E-state index contributed by atoms with van der Waals surface area (Å²) in [7, 11) is 0. The number of rotatable bonds is 4. The highest BCUT2D eigenvalue weighted by Crippen LogP contribution is 2.42. The lowest BCUT2D eigenvalue weighted by molar-refractivity contribution is -0.120. The summed E-state index contributed by atoms with van der Waals surface area (Å²) in [5.41, 5.74) is 2.67. The molecule has 4 nitrogen and oxygen atoms in total. The molecule has 1 amide bonds. The van der Waals surface area contributed by atoms with Crippen LogP contribution in [-0.4, -0.2) is 43.5 Å². The van der Waals surface area contributed by atoms with Gasteiger partial charge in [0.2, 0.25) is 5.91 Å². The number of carbonyl (C=O) groups is 1. The van der Waals surface area contributed by atoms with E-state index in [2.05, 4.69) is 39.9 Å². The van der Waals surface area contributed by atoms with Crippen molar-refractivity contribution in [2.45, 2.75) is 25.2 Å². The van der Waals surface area contributed by atoms with E-state index >= 15 is 0 Å². The molecule has 1 atom stereocenters. The zero-order valence-electron chi connectivity index (χ0n) is 17.2. The van der Waals surface area contributed by atoms with Crippen molar-refractivity contribution in [2.75, 3.05) is 42.9 Å². The molecular weight excluding hydrogens is 417 g/mol. The maximum Gasteiger partial charge on any atom is 0.236 e. The molecule has 1 fully saturated rings. The van der Waals surface area contributed by atoms with Crippen LogP contribution >= 0.6 is 24.0 Å². The maximum absolute atomic E-state index is 12.7. The fourth-order valence-corrected chi connectivity index (χ4v) is 4.43. The van der Waals surface area contributed by atoms with Gasteiger partial charge in [-0.15, -0.1) is 18.3 Å². The first-order valence-corrected chi connectivity index (χ1v) is 10.6. The van der Waals surface area contributed by atoms with E-state index in [1.807, 2.05) is 42.5 Å². The summed E-state index contributed by atoms with van der Waals surface area (Å²) in [5, 5.41) is 3.80. The van der Waals surface area contributed by atoms with E-state index in [1.54, 1.807) is 0 Å². The van der Waals surface area contributed by atoms with Crippen LogP contribution in [0.4, 0.5) is 11.4 Å². The molecule has 1 N–H and O–H groups in total. The molecular formula is C24H27Cl2N3O. The second-order valence-electron chi connectivity index (χ2n) is 7.71. The Morgan fingerprint density at radius 3 is 2.57 bits per heavy atom. The predicted molar refractivity (Wildman–Crippen MR) is 127 cm³/mol. The summed E-state index contributed by atoms with van der Waals surface area (Å²) < 4.78 is 0. The molecule has 1 unspecified atom stereocenters. The van der Waals surface area contributed by atoms with Gasteiger partial charge >= 0.3 is 0 Å². The first kappa shape index (κ1) is 22.5. The topological polar surface area (TPSA) is 35.6 Å². The molecule has 2 aromatic carbocycles. The molecule has 158 valence electrons. The van der Waals surface area contributed by atoms with Crippen molar-refractivity contribution in [1.82, 2.24) is 4.90 Å². The molecule has 0 radical (unpaired) electrons. The van der Waals surface area contributed by atoms with Crippen molar-refractivity contribution in [1.29, 1.82) is 0 Å². The van der Waals surface area contributed by atoms with E-state index in [4.69, 9.17) is 11.6 Å². The van der Waals surface area contributed by atoms with E-state index in [0.29, 0.717) is 6.42 Å². The summed E-state index contributed by atoms with van der Waals surface area (Å²) in [6, 6.07) is 16.0. The molecule has 0 saturated carbocycles. The first-order valence-electron chi connectivity index (χ1n) is 10.2. The number of fused-ring (bicyclic) bond motifs is 1. The fourth-order valence-electron chi connectivity index (χ4n) is 4.24. The van der Waals surface area contributed by atoms with Crippen molar-refractivity contribution < 1.29 is 4.79 Å². The zero-order valence-corrected chi connectivity index (χ0v) is 18.7. The number of carbonyl (C=O) groups excluding carboxylic acids is 1. The van der Waals surface area contributed by atoms with Crippen molar-refractivity contribution in [3.8, 4) is 11.8 Å². The molecule has 6 heteroatoms. The van der Waals surface area contributed by atoms with Crippen LogP contribution in [0.15, 0.2) is 48.5 Å². The number of para-hydroxylation sites is 1. The smallest absolute Gasteiger partial charge is 0.236 e. The van der Waals surface area contributed by atoms with Gasteiger partial charge in [0.15, 0.2) is 0 Å². The average molecular weight is 444 g/mol. The Bertz CT molecular complexity index is 960. The predicted octanol–water partition coefficient (Wildman–Crippen LogP) is 4.58. The summed E-state index contributed by atoms with van der Waals surface area (Å²) in [6.45, 7) is 6.70. The minimum absolute atomic E-state index is 0. The number of benzene rings is 2. The van der Waals surface area contributed by atoms with Crippen LogP contribution in [0.3, 0.4) is 0 Å². The van der Waals surface area contributed by atoms with Gasteiger partial charge in [0.05, 0.1) is 12.0 Å².